The molecule has 0 saturated carbocycles. The van der Waals surface area contributed by atoms with Crippen LogP contribution in [0.2, 0.25) is 10.0 Å². The van der Waals surface area contributed by atoms with E-state index in [1.165, 1.54) is 0 Å². The first-order valence-electron chi connectivity index (χ1n) is 6.20. The van der Waals surface area contributed by atoms with Crippen LogP contribution < -0.4 is 0 Å². The molecule has 0 aliphatic carbocycles. The van der Waals surface area contributed by atoms with Crippen molar-refractivity contribution >= 4 is 34.8 Å². The summed E-state index contributed by atoms with van der Waals surface area (Å²) in [5.41, 5.74) is 0.443. The molecule has 19 heavy (non-hydrogen) atoms. The summed E-state index contributed by atoms with van der Waals surface area (Å²) in [7, 11) is 0. The summed E-state index contributed by atoms with van der Waals surface area (Å²) in [6.07, 6.45) is 0.512. The van der Waals surface area contributed by atoms with Crippen LogP contribution in [0.4, 0.5) is 0 Å². The molecule has 1 saturated heterocycles. The number of nitrogens with zero attached hydrogens (tertiary/aromatic N) is 1. The van der Waals surface area contributed by atoms with Crippen molar-refractivity contribution < 1.29 is 9.59 Å². The third-order valence-electron chi connectivity index (χ3n) is 3.35. The molecule has 1 unspecified atom stereocenters. The van der Waals surface area contributed by atoms with Gasteiger partial charge in [-0.2, -0.15) is 0 Å². The molecule has 1 aliphatic rings. The summed E-state index contributed by atoms with van der Waals surface area (Å²) in [4.78, 5) is 25.6. The van der Waals surface area contributed by atoms with E-state index in [9.17, 15) is 9.59 Å². The Hall–Kier alpha value is -0.900. The van der Waals surface area contributed by atoms with E-state index in [0.717, 1.165) is 0 Å². The Morgan fingerprint density at radius 1 is 1.42 bits per heavy atom. The van der Waals surface area contributed by atoms with Crippen LogP contribution in [0, 0.1) is 5.92 Å². The first-order valence-corrected chi connectivity index (χ1v) is 6.96. The van der Waals surface area contributed by atoms with Gasteiger partial charge in [0.25, 0.3) is 0 Å². The molecule has 3 nitrogen and oxygen atoms in total. The number of hydrogen-bond donors (Lipinski definition) is 0. The number of benzene rings is 1. The number of piperidine rings is 1. The van der Waals surface area contributed by atoms with E-state index in [1.54, 1.807) is 18.2 Å². The second-order valence-corrected chi connectivity index (χ2v) is 5.74. The molecular weight excluding hydrogens is 285 g/mol. The zero-order valence-corrected chi connectivity index (χ0v) is 12.2. The molecule has 1 fully saturated rings. The second kappa shape index (κ2) is 6.04. The highest BCUT2D eigenvalue weighted by Gasteiger charge is 2.25. The van der Waals surface area contributed by atoms with E-state index >= 15 is 0 Å². The first-order chi connectivity index (χ1) is 8.97. The van der Waals surface area contributed by atoms with Crippen molar-refractivity contribution in [1.29, 1.82) is 0 Å². The minimum Gasteiger partial charge on any atom is -0.299 e. The number of carbonyl (C=O) groups is 2. The topological polar surface area (TPSA) is 37.4 Å². The molecule has 0 N–H and O–H groups in total. The van der Waals surface area contributed by atoms with Gasteiger partial charge in [0.2, 0.25) is 0 Å². The van der Waals surface area contributed by atoms with Gasteiger partial charge in [-0.05, 0) is 18.2 Å². The summed E-state index contributed by atoms with van der Waals surface area (Å²) in [5.74, 6) is 0.204. The van der Waals surface area contributed by atoms with E-state index in [2.05, 4.69) is 0 Å². The zero-order chi connectivity index (χ0) is 14.0. The molecule has 0 radical (unpaired) electrons. The monoisotopic (exact) mass is 299 g/mol. The number of carbonyl (C=O) groups excluding carboxylic acids is 2. The number of likely N-dealkylation sites (tertiary alicyclic amines) is 1. The van der Waals surface area contributed by atoms with Gasteiger partial charge >= 0.3 is 0 Å². The Bertz CT molecular complexity index is 516. The van der Waals surface area contributed by atoms with Crippen molar-refractivity contribution in [2.45, 2.75) is 13.3 Å². The molecule has 0 aromatic heterocycles. The first kappa shape index (κ1) is 14.5. The Labute approximate surface area is 122 Å². The lowest BCUT2D eigenvalue weighted by atomic mass is 9.98. The SMILES string of the molecule is CC1CN(CC(=O)c2cc(Cl)ccc2Cl)CCC1=O. The third-order valence-corrected chi connectivity index (χ3v) is 3.92. The van der Waals surface area contributed by atoms with Crippen LogP contribution in [0.25, 0.3) is 0 Å². The average Bonchev–Trinajstić information content (AvgIpc) is 2.36. The van der Waals surface area contributed by atoms with Gasteiger partial charge in [-0.3, -0.25) is 14.5 Å². The summed E-state index contributed by atoms with van der Waals surface area (Å²) in [6, 6.07) is 4.87. The standard InChI is InChI=1S/C14H15Cl2NO2/c1-9-7-17(5-4-13(9)18)8-14(19)11-6-10(15)2-3-12(11)16/h2-3,6,9H,4-5,7-8H2,1H3. The van der Waals surface area contributed by atoms with E-state index in [-0.39, 0.29) is 24.0 Å². The summed E-state index contributed by atoms with van der Waals surface area (Å²) < 4.78 is 0. The Morgan fingerprint density at radius 2 is 2.16 bits per heavy atom. The lowest BCUT2D eigenvalue weighted by Crippen LogP contribution is -2.42. The lowest BCUT2D eigenvalue weighted by Gasteiger charge is -2.29. The maximum Gasteiger partial charge on any atom is 0.178 e. The van der Waals surface area contributed by atoms with Gasteiger partial charge in [0, 0.05) is 36.0 Å². The molecule has 1 aromatic carbocycles. The Balaban J connectivity index is 2.05. The van der Waals surface area contributed by atoms with Crippen LogP contribution in [0.3, 0.4) is 0 Å². The minimum atomic E-state index is -0.0611. The molecule has 5 heteroatoms. The highest BCUT2D eigenvalue weighted by Crippen LogP contribution is 2.22. The van der Waals surface area contributed by atoms with Gasteiger partial charge < -0.3 is 0 Å². The number of Topliss-reactive ketones (excluding diaryl/α,β-unsaturated/α-hetero) is 2. The van der Waals surface area contributed by atoms with Gasteiger partial charge in [0.15, 0.2) is 5.78 Å². The fourth-order valence-corrected chi connectivity index (χ4v) is 2.63. The fourth-order valence-electron chi connectivity index (χ4n) is 2.24. The Morgan fingerprint density at radius 3 is 2.84 bits per heavy atom. The van der Waals surface area contributed by atoms with Crippen LogP contribution in [-0.4, -0.2) is 36.1 Å². The largest absolute Gasteiger partial charge is 0.299 e. The van der Waals surface area contributed by atoms with Gasteiger partial charge in [0.1, 0.15) is 5.78 Å². The van der Waals surface area contributed by atoms with Crippen LogP contribution in [0.15, 0.2) is 18.2 Å². The molecule has 2 rings (SSSR count). The summed E-state index contributed by atoms with van der Waals surface area (Å²) >= 11 is 11.9. The predicted octanol–water partition coefficient (Wildman–Crippen LogP) is 3.09. The van der Waals surface area contributed by atoms with Crippen LogP contribution in [-0.2, 0) is 4.79 Å². The summed E-state index contributed by atoms with van der Waals surface area (Å²) in [5, 5.41) is 0.908. The average molecular weight is 300 g/mol. The number of rotatable bonds is 3. The van der Waals surface area contributed by atoms with Crippen molar-refractivity contribution in [2.75, 3.05) is 19.6 Å². The van der Waals surface area contributed by atoms with Crippen LogP contribution >= 0.6 is 23.2 Å². The predicted molar refractivity (Wildman–Crippen MR) is 76.0 cm³/mol. The van der Waals surface area contributed by atoms with Crippen LogP contribution in [0.5, 0.6) is 0 Å². The van der Waals surface area contributed by atoms with E-state index in [4.69, 9.17) is 23.2 Å². The van der Waals surface area contributed by atoms with E-state index < -0.39 is 0 Å². The van der Waals surface area contributed by atoms with E-state index in [0.29, 0.717) is 35.1 Å². The quantitative estimate of drug-likeness (QED) is 0.805. The highest BCUT2D eigenvalue weighted by molar-refractivity contribution is 6.36. The third kappa shape index (κ3) is 3.56. The molecule has 1 heterocycles. The number of ketones is 2. The van der Waals surface area contributed by atoms with Crippen molar-refractivity contribution in [2.24, 2.45) is 5.92 Å². The molecule has 102 valence electrons. The van der Waals surface area contributed by atoms with Crippen LogP contribution in [0.1, 0.15) is 23.7 Å². The smallest absolute Gasteiger partial charge is 0.178 e. The van der Waals surface area contributed by atoms with Gasteiger partial charge in [-0.1, -0.05) is 30.1 Å². The molecule has 0 bridgehead atoms. The number of halogens is 2. The molecular formula is C14H15Cl2NO2. The minimum absolute atomic E-state index is 0.00335. The van der Waals surface area contributed by atoms with Gasteiger partial charge in [-0.25, -0.2) is 0 Å². The fraction of sp³-hybridized carbons (Fsp3) is 0.429. The molecule has 1 atom stereocenters. The van der Waals surface area contributed by atoms with Crippen molar-refractivity contribution in [3.63, 3.8) is 0 Å². The maximum absolute atomic E-state index is 12.2. The van der Waals surface area contributed by atoms with Crippen molar-refractivity contribution in [3.8, 4) is 0 Å². The van der Waals surface area contributed by atoms with Gasteiger partial charge in [0.05, 0.1) is 11.6 Å². The molecule has 0 amide bonds. The number of hydrogen-bond acceptors (Lipinski definition) is 3. The molecule has 0 spiro atoms. The lowest BCUT2D eigenvalue weighted by molar-refractivity contribution is -0.125. The molecule has 1 aliphatic heterocycles. The summed E-state index contributed by atoms with van der Waals surface area (Å²) in [6.45, 7) is 3.43. The van der Waals surface area contributed by atoms with Gasteiger partial charge in [-0.15, -0.1) is 0 Å². The van der Waals surface area contributed by atoms with E-state index in [1.807, 2.05) is 11.8 Å². The maximum atomic E-state index is 12.2. The van der Waals surface area contributed by atoms with Crippen molar-refractivity contribution in [1.82, 2.24) is 4.90 Å². The Kier molecular flexibility index (Phi) is 4.61. The molecule has 1 aromatic rings. The normalized spacial score (nSPS) is 20.6. The second-order valence-electron chi connectivity index (χ2n) is 4.90. The zero-order valence-electron chi connectivity index (χ0n) is 10.7. The van der Waals surface area contributed by atoms with Crippen molar-refractivity contribution in [3.05, 3.63) is 33.8 Å². The highest BCUT2D eigenvalue weighted by atomic mass is 35.5.